The van der Waals surface area contributed by atoms with E-state index in [1.807, 2.05) is 18.3 Å². The number of aryl methyl sites for hydroxylation is 1. The van der Waals surface area contributed by atoms with Crippen molar-refractivity contribution in [2.24, 2.45) is 5.92 Å². The van der Waals surface area contributed by atoms with Crippen molar-refractivity contribution >= 4 is 11.8 Å². The summed E-state index contributed by atoms with van der Waals surface area (Å²) >= 11 is 1.77. The highest BCUT2D eigenvalue weighted by Gasteiger charge is 2.51. The summed E-state index contributed by atoms with van der Waals surface area (Å²) in [6, 6.07) is 21.6. The van der Waals surface area contributed by atoms with Gasteiger partial charge in [0.05, 0.1) is 5.60 Å². The van der Waals surface area contributed by atoms with Gasteiger partial charge >= 0.3 is 0 Å². The number of aromatic nitrogens is 1. The first-order valence-electron chi connectivity index (χ1n) is 12.0. The maximum atomic E-state index is 11.3. The van der Waals surface area contributed by atoms with Gasteiger partial charge in [-0.15, -0.1) is 0 Å². The SMILES string of the molecule is CSC[C@@]1(O)CC[C@@]2(Cc3ccccc3)c3ccc(OCc4cccnc4)cc3CC[C@@H]2C1. The Morgan fingerprint density at radius 1 is 1.06 bits per heavy atom. The van der Waals surface area contributed by atoms with Gasteiger partial charge in [0.25, 0.3) is 0 Å². The molecule has 0 radical (unpaired) electrons. The lowest BCUT2D eigenvalue weighted by Crippen LogP contribution is -2.52. The number of pyridine rings is 1. The Bertz CT molecular complexity index is 1070. The van der Waals surface area contributed by atoms with Crippen LogP contribution < -0.4 is 4.74 Å². The minimum absolute atomic E-state index is 0.0848. The highest BCUT2D eigenvalue weighted by atomic mass is 32.2. The van der Waals surface area contributed by atoms with Gasteiger partial charge in [-0.25, -0.2) is 0 Å². The Labute approximate surface area is 201 Å². The molecule has 1 N–H and O–H groups in total. The molecule has 1 saturated carbocycles. The summed E-state index contributed by atoms with van der Waals surface area (Å²) in [4.78, 5) is 4.18. The zero-order chi connectivity index (χ0) is 22.7. The zero-order valence-corrected chi connectivity index (χ0v) is 20.2. The summed E-state index contributed by atoms with van der Waals surface area (Å²) < 4.78 is 6.13. The van der Waals surface area contributed by atoms with Crippen LogP contribution in [0.25, 0.3) is 0 Å². The molecule has 3 nitrogen and oxygen atoms in total. The summed E-state index contributed by atoms with van der Waals surface area (Å²) in [7, 11) is 0. The molecule has 0 amide bonds. The van der Waals surface area contributed by atoms with Crippen LogP contribution in [0.15, 0.2) is 73.1 Å². The van der Waals surface area contributed by atoms with Crippen LogP contribution in [-0.4, -0.2) is 27.7 Å². The second-order valence-electron chi connectivity index (χ2n) is 9.88. The molecule has 0 unspecified atom stereocenters. The first-order chi connectivity index (χ1) is 16.1. The molecule has 1 fully saturated rings. The van der Waals surface area contributed by atoms with Gasteiger partial charge < -0.3 is 9.84 Å². The molecule has 0 spiro atoms. The van der Waals surface area contributed by atoms with Crippen molar-refractivity contribution < 1.29 is 9.84 Å². The van der Waals surface area contributed by atoms with Crippen LogP contribution in [0.2, 0.25) is 0 Å². The fourth-order valence-electron chi connectivity index (χ4n) is 6.17. The Kier molecular flexibility index (Phi) is 6.49. The predicted molar refractivity (Wildman–Crippen MR) is 136 cm³/mol. The topological polar surface area (TPSA) is 42.4 Å². The van der Waals surface area contributed by atoms with E-state index in [2.05, 4.69) is 59.8 Å². The molecule has 5 rings (SSSR count). The van der Waals surface area contributed by atoms with Crippen molar-refractivity contribution in [2.75, 3.05) is 12.0 Å². The number of nitrogens with zero attached hydrogens (tertiary/aromatic N) is 1. The number of rotatable bonds is 7. The van der Waals surface area contributed by atoms with Crippen LogP contribution >= 0.6 is 11.8 Å². The third-order valence-electron chi connectivity index (χ3n) is 7.72. The molecule has 4 heteroatoms. The van der Waals surface area contributed by atoms with Crippen LogP contribution in [-0.2, 0) is 24.9 Å². The molecule has 0 saturated heterocycles. The Hall–Kier alpha value is -2.30. The van der Waals surface area contributed by atoms with Gasteiger partial charge in [-0.3, -0.25) is 4.98 Å². The van der Waals surface area contributed by atoms with Crippen molar-refractivity contribution in [1.29, 1.82) is 0 Å². The second-order valence-corrected chi connectivity index (χ2v) is 10.8. The molecular weight excluding hydrogens is 426 g/mol. The summed E-state index contributed by atoms with van der Waals surface area (Å²) in [5.41, 5.74) is 4.91. The smallest absolute Gasteiger partial charge is 0.120 e. The molecule has 1 heterocycles. The van der Waals surface area contributed by atoms with E-state index < -0.39 is 5.60 Å². The van der Waals surface area contributed by atoms with Gasteiger partial charge in [-0.05, 0) is 85.6 Å². The highest BCUT2D eigenvalue weighted by Crippen LogP contribution is 2.55. The number of hydrogen-bond donors (Lipinski definition) is 1. The molecule has 2 aliphatic rings. The Morgan fingerprint density at radius 2 is 1.91 bits per heavy atom. The number of thioether (sulfide) groups is 1. The lowest BCUT2D eigenvalue weighted by atomic mass is 9.53. The largest absolute Gasteiger partial charge is 0.489 e. The monoisotopic (exact) mass is 459 g/mol. The lowest BCUT2D eigenvalue weighted by Gasteiger charge is -2.53. The summed E-state index contributed by atoms with van der Waals surface area (Å²) in [6.07, 6.45) is 11.8. The average molecular weight is 460 g/mol. The molecule has 3 aromatic rings. The normalized spacial score (nSPS) is 26.3. The fourth-order valence-corrected chi connectivity index (χ4v) is 6.97. The molecule has 0 bridgehead atoms. The maximum Gasteiger partial charge on any atom is 0.120 e. The number of aliphatic hydroxyl groups is 1. The van der Waals surface area contributed by atoms with Crippen molar-refractivity contribution in [3.63, 3.8) is 0 Å². The van der Waals surface area contributed by atoms with Crippen LogP contribution in [0, 0.1) is 5.92 Å². The fraction of sp³-hybridized carbons (Fsp3) is 0.414. The van der Waals surface area contributed by atoms with Crippen molar-refractivity contribution in [3.05, 3.63) is 95.3 Å². The van der Waals surface area contributed by atoms with Gasteiger partial charge in [0.2, 0.25) is 0 Å². The van der Waals surface area contributed by atoms with E-state index in [1.54, 1.807) is 18.0 Å². The number of hydrogen-bond acceptors (Lipinski definition) is 4. The zero-order valence-electron chi connectivity index (χ0n) is 19.4. The van der Waals surface area contributed by atoms with E-state index in [0.29, 0.717) is 12.5 Å². The highest BCUT2D eigenvalue weighted by molar-refractivity contribution is 7.98. The number of fused-ring (bicyclic) bond motifs is 3. The maximum absolute atomic E-state index is 11.3. The minimum atomic E-state index is -0.533. The third-order valence-corrected chi connectivity index (χ3v) is 8.55. The quantitative estimate of drug-likeness (QED) is 0.472. The van der Waals surface area contributed by atoms with Gasteiger partial charge in [0, 0.05) is 29.1 Å². The van der Waals surface area contributed by atoms with Crippen molar-refractivity contribution in [2.45, 2.75) is 56.1 Å². The van der Waals surface area contributed by atoms with Crippen LogP contribution in [0.1, 0.15) is 47.9 Å². The number of benzene rings is 2. The first kappa shape index (κ1) is 22.5. The predicted octanol–water partition coefficient (Wildman–Crippen LogP) is 5.98. The van der Waals surface area contributed by atoms with Gasteiger partial charge in [-0.1, -0.05) is 42.5 Å². The first-order valence-corrected chi connectivity index (χ1v) is 13.4. The van der Waals surface area contributed by atoms with E-state index in [1.165, 1.54) is 16.7 Å². The molecule has 2 aliphatic carbocycles. The minimum Gasteiger partial charge on any atom is -0.489 e. The average Bonchev–Trinajstić information content (AvgIpc) is 2.84. The summed E-state index contributed by atoms with van der Waals surface area (Å²) in [6.45, 7) is 0.534. The van der Waals surface area contributed by atoms with Gasteiger partial charge in [-0.2, -0.15) is 11.8 Å². The summed E-state index contributed by atoms with van der Waals surface area (Å²) in [5, 5.41) is 11.3. The molecule has 1 aromatic heterocycles. The molecular formula is C29H33NO2S. The Balaban J connectivity index is 1.45. The van der Waals surface area contributed by atoms with E-state index in [0.717, 1.165) is 55.6 Å². The lowest BCUT2D eigenvalue weighted by molar-refractivity contribution is -0.0330. The van der Waals surface area contributed by atoms with Crippen molar-refractivity contribution in [3.8, 4) is 5.75 Å². The molecule has 33 heavy (non-hydrogen) atoms. The van der Waals surface area contributed by atoms with E-state index in [4.69, 9.17) is 4.74 Å². The molecule has 3 atom stereocenters. The standard InChI is InChI=1S/C29H33NO2S/c1-33-21-28(31)13-14-29(17-22-6-3-2-4-7-22)25(18-28)10-9-24-16-26(11-12-27(24)29)32-20-23-8-5-15-30-19-23/h2-8,11-12,15-16,19,25,31H,9-10,13-14,17-18,20-21H2,1H3/t25-,28-,29+/m1/s1. The van der Waals surface area contributed by atoms with Crippen LogP contribution in [0.4, 0.5) is 0 Å². The third kappa shape index (κ3) is 4.69. The van der Waals surface area contributed by atoms with Crippen LogP contribution in [0.5, 0.6) is 5.75 Å². The van der Waals surface area contributed by atoms with E-state index in [9.17, 15) is 5.11 Å². The molecule has 0 aliphatic heterocycles. The van der Waals surface area contributed by atoms with Crippen LogP contribution in [0.3, 0.4) is 0 Å². The summed E-state index contributed by atoms with van der Waals surface area (Å²) in [5.74, 6) is 2.26. The second kappa shape index (κ2) is 9.52. The molecule has 2 aromatic carbocycles. The van der Waals surface area contributed by atoms with Gasteiger partial charge in [0.15, 0.2) is 0 Å². The molecule has 172 valence electrons. The van der Waals surface area contributed by atoms with E-state index >= 15 is 0 Å². The van der Waals surface area contributed by atoms with Gasteiger partial charge in [0.1, 0.15) is 12.4 Å². The Morgan fingerprint density at radius 3 is 2.70 bits per heavy atom. The van der Waals surface area contributed by atoms with Crippen molar-refractivity contribution in [1.82, 2.24) is 4.98 Å². The van der Waals surface area contributed by atoms with E-state index in [-0.39, 0.29) is 5.41 Å². The number of ether oxygens (including phenoxy) is 1.